The van der Waals surface area contributed by atoms with Gasteiger partial charge < -0.3 is 14.3 Å². The number of rotatable bonds is 4. The first-order valence-corrected chi connectivity index (χ1v) is 7.06. The van der Waals surface area contributed by atoms with Crippen molar-refractivity contribution in [2.75, 3.05) is 5.32 Å². The third-order valence-corrected chi connectivity index (χ3v) is 3.81. The van der Waals surface area contributed by atoms with Crippen molar-refractivity contribution in [2.45, 2.75) is 6.04 Å². The Morgan fingerprint density at radius 1 is 1.25 bits per heavy atom. The molecule has 0 aliphatic rings. The maximum absolute atomic E-state index is 5.56. The minimum atomic E-state index is -0.135. The Kier molecular flexibility index (Phi) is 3.60. The predicted molar refractivity (Wildman–Crippen MR) is 81.5 cm³/mol. The highest BCUT2D eigenvalue weighted by Gasteiger charge is 2.21. The van der Waals surface area contributed by atoms with Crippen LogP contribution < -0.4 is 5.32 Å². The van der Waals surface area contributed by atoms with Crippen LogP contribution in [-0.4, -0.2) is 9.55 Å². The number of nitrogens with zero attached hydrogens (tertiary/aromatic N) is 2. The monoisotopic (exact) mass is 331 g/mol. The molecule has 0 saturated heterocycles. The summed E-state index contributed by atoms with van der Waals surface area (Å²) in [6.45, 7) is 0. The molecular formula is C15H14BrN3O. The summed E-state index contributed by atoms with van der Waals surface area (Å²) in [5.41, 5.74) is 0.997. The van der Waals surface area contributed by atoms with Gasteiger partial charge in [0.1, 0.15) is 17.6 Å². The van der Waals surface area contributed by atoms with Gasteiger partial charge in [-0.05, 0) is 40.2 Å². The van der Waals surface area contributed by atoms with Crippen molar-refractivity contribution in [3.8, 4) is 0 Å². The van der Waals surface area contributed by atoms with E-state index in [2.05, 4.69) is 26.2 Å². The van der Waals surface area contributed by atoms with Crippen LogP contribution in [0.1, 0.15) is 17.6 Å². The van der Waals surface area contributed by atoms with Crippen LogP contribution in [0.5, 0.6) is 0 Å². The van der Waals surface area contributed by atoms with E-state index in [1.54, 1.807) is 12.5 Å². The molecule has 2 aromatic heterocycles. The standard InChI is InChI=1S/C15H14BrN3O/c1-19-9-8-17-15(19)14(13-7-4-10-20-13)18-12-6-3-2-5-11(12)16/h2-10,14,18H,1H3. The van der Waals surface area contributed by atoms with E-state index >= 15 is 0 Å². The summed E-state index contributed by atoms with van der Waals surface area (Å²) in [5, 5.41) is 3.47. The van der Waals surface area contributed by atoms with Crippen LogP contribution in [0.4, 0.5) is 5.69 Å². The lowest BCUT2D eigenvalue weighted by atomic mass is 10.2. The molecule has 3 rings (SSSR count). The number of nitrogens with one attached hydrogen (secondary N) is 1. The number of hydrogen-bond acceptors (Lipinski definition) is 3. The van der Waals surface area contributed by atoms with Crippen LogP contribution in [0, 0.1) is 0 Å². The zero-order valence-corrected chi connectivity index (χ0v) is 12.5. The highest BCUT2D eigenvalue weighted by atomic mass is 79.9. The van der Waals surface area contributed by atoms with Gasteiger partial charge in [-0.3, -0.25) is 0 Å². The minimum Gasteiger partial charge on any atom is -0.467 e. The Bertz CT molecular complexity index is 691. The van der Waals surface area contributed by atoms with Crippen molar-refractivity contribution in [1.29, 1.82) is 0 Å². The summed E-state index contributed by atoms with van der Waals surface area (Å²) in [4.78, 5) is 4.42. The molecule has 0 spiro atoms. The lowest BCUT2D eigenvalue weighted by Crippen LogP contribution is -2.16. The quantitative estimate of drug-likeness (QED) is 0.786. The summed E-state index contributed by atoms with van der Waals surface area (Å²) >= 11 is 3.55. The first-order chi connectivity index (χ1) is 9.75. The number of hydrogen-bond donors (Lipinski definition) is 1. The van der Waals surface area contributed by atoms with Crippen molar-refractivity contribution < 1.29 is 4.42 Å². The maximum atomic E-state index is 5.56. The smallest absolute Gasteiger partial charge is 0.143 e. The van der Waals surface area contributed by atoms with Crippen molar-refractivity contribution >= 4 is 21.6 Å². The highest BCUT2D eigenvalue weighted by Crippen LogP contribution is 2.29. The molecule has 0 bridgehead atoms. The number of para-hydroxylation sites is 1. The van der Waals surface area contributed by atoms with Gasteiger partial charge >= 0.3 is 0 Å². The van der Waals surface area contributed by atoms with Crippen molar-refractivity contribution in [3.63, 3.8) is 0 Å². The molecule has 20 heavy (non-hydrogen) atoms. The number of anilines is 1. The van der Waals surface area contributed by atoms with E-state index < -0.39 is 0 Å². The van der Waals surface area contributed by atoms with E-state index in [1.807, 2.05) is 54.2 Å². The summed E-state index contributed by atoms with van der Waals surface area (Å²) in [5.74, 6) is 1.73. The van der Waals surface area contributed by atoms with Crippen LogP contribution in [-0.2, 0) is 7.05 Å². The molecule has 0 radical (unpaired) electrons. The number of aryl methyl sites for hydroxylation is 1. The number of aromatic nitrogens is 2. The fraction of sp³-hybridized carbons (Fsp3) is 0.133. The molecule has 0 fully saturated rings. The zero-order valence-electron chi connectivity index (χ0n) is 11.0. The van der Waals surface area contributed by atoms with Crippen molar-refractivity contribution in [3.05, 3.63) is 71.1 Å². The third-order valence-electron chi connectivity index (χ3n) is 3.12. The first-order valence-electron chi connectivity index (χ1n) is 6.27. The second-order valence-corrected chi connectivity index (χ2v) is 5.32. The fourth-order valence-corrected chi connectivity index (χ4v) is 2.51. The van der Waals surface area contributed by atoms with Gasteiger partial charge in [-0.2, -0.15) is 0 Å². The predicted octanol–water partition coefficient (Wildman–Crippen LogP) is 3.98. The summed E-state index contributed by atoms with van der Waals surface area (Å²) in [6.07, 6.45) is 5.38. The normalized spacial score (nSPS) is 12.3. The minimum absolute atomic E-state index is 0.135. The molecule has 0 aliphatic carbocycles. The second-order valence-electron chi connectivity index (χ2n) is 4.47. The van der Waals surface area contributed by atoms with Gasteiger partial charge in [0.2, 0.25) is 0 Å². The van der Waals surface area contributed by atoms with Gasteiger partial charge in [-0.25, -0.2) is 4.98 Å². The van der Waals surface area contributed by atoms with Gasteiger partial charge in [-0.15, -0.1) is 0 Å². The van der Waals surface area contributed by atoms with E-state index in [0.717, 1.165) is 21.7 Å². The van der Waals surface area contributed by atoms with Crippen LogP contribution in [0.15, 0.2) is 63.9 Å². The van der Waals surface area contributed by atoms with Gasteiger partial charge in [0.05, 0.1) is 6.26 Å². The summed E-state index contributed by atoms with van der Waals surface area (Å²) < 4.78 is 8.54. The van der Waals surface area contributed by atoms with Crippen LogP contribution in [0.25, 0.3) is 0 Å². The van der Waals surface area contributed by atoms with Crippen molar-refractivity contribution in [1.82, 2.24) is 9.55 Å². The topological polar surface area (TPSA) is 43.0 Å². The number of imidazole rings is 1. The van der Waals surface area contributed by atoms with Gasteiger partial charge in [-0.1, -0.05) is 12.1 Å². The Morgan fingerprint density at radius 3 is 2.75 bits per heavy atom. The fourth-order valence-electron chi connectivity index (χ4n) is 2.11. The molecule has 4 nitrogen and oxygen atoms in total. The molecule has 1 N–H and O–H groups in total. The zero-order chi connectivity index (χ0) is 13.9. The molecule has 2 heterocycles. The third kappa shape index (κ3) is 2.49. The van der Waals surface area contributed by atoms with Crippen LogP contribution in [0.3, 0.4) is 0 Å². The largest absolute Gasteiger partial charge is 0.467 e. The Balaban J connectivity index is 1.99. The Morgan fingerprint density at radius 2 is 2.10 bits per heavy atom. The van der Waals surface area contributed by atoms with E-state index in [9.17, 15) is 0 Å². The molecular weight excluding hydrogens is 318 g/mol. The average Bonchev–Trinajstić information content (AvgIpc) is 3.10. The maximum Gasteiger partial charge on any atom is 0.143 e. The Hall–Kier alpha value is -2.01. The van der Waals surface area contributed by atoms with Crippen LogP contribution >= 0.6 is 15.9 Å². The summed E-state index contributed by atoms with van der Waals surface area (Å²) in [6, 6.07) is 11.7. The number of benzene rings is 1. The van der Waals surface area contributed by atoms with Gasteiger partial charge in [0.15, 0.2) is 0 Å². The van der Waals surface area contributed by atoms with E-state index in [0.29, 0.717) is 0 Å². The van der Waals surface area contributed by atoms with Gasteiger partial charge in [0.25, 0.3) is 0 Å². The first kappa shape index (κ1) is 13.0. The number of furan rings is 1. The second kappa shape index (κ2) is 5.54. The van der Waals surface area contributed by atoms with Crippen molar-refractivity contribution in [2.24, 2.45) is 7.05 Å². The summed E-state index contributed by atoms with van der Waals surface area (Å²) in [7, 11) is 1.97. The molecule has 0 amide bonds. The van der Waals surface area contributed by atoms with Gasteiger partial charge in [0, 0.05) is 29.6 Å². The molecule has 3 aromatic rings. The lowest BCUT2D eigenvalue weighted by Gasteiger charge is -2.18. The lowest BCUT2D eigenvalue weighted by molar-refractivity contribution is 0.488. The molecule has 1 atom stereocenters. The molecule has 102 valence electrons. The molecule has 0 saturated carbocycles. The van der Waals surface area contributed by atoms with Crippen LogP contribution in [0.2, 0.25) is 0 Å². The van der Waals surface area contributed by atoms with E-state index in [4.69, 9.17) is 4.42 Å². The average molecular weight is 332 g/mol. The van der Waals surface area contributed by atoms with E-state index in [1.165, 1.54) is 0 Å². The Labute approximate surface area is 125 Å². The highest BCUT2D eigenvalue weighted by molar-refractivity contribution is 9.10. The molecule has 0 aliphatic heterocycles. The van der Waals surface area contributed by atoms with E-state index in [-0.39, 0.29) is 6.04 Å². The molecule has 5 heteroatoms. The number of halogens is 1. The molecule has 1 aromatic carbocycles. The SMILES string of the molecule is Cn1ccnc1C(Nc1ccccc1Br)c1ccco1. The molecule has 1 unspecified atom stereocenters.